The highest BCUT2D eigenvalue weighted by Crippen LogP contribution is 2.36. The average Bonchev–Trinajstić information content (AvgIpc) is 2.72. The van der Waals surface area contributed by atoms with E-state index in [-0.39, 0.29) is 27.8 Å². The minimum Gasteiger partial charge on any atom is -0.456 e. The molecule has 4 aromatic rings. The van der Waals surface area contributed by atoms with E-state index in [1.165, 1.54) is 6.07 Å². The number of para-hydroxylation sites is 1. The summed E-state index contributed by atoms with van der Waals surface area (Å²) in [7, 11) is 0. The number of rotatable bonds is 4. The second-order valence-electron chi connectivity index (χ2n) is 6.13. The number of benzene rings is 3. The summed E-state index contributed by atoms with van der Waals surface area (Å²) in [5.41, 5.74) is -0.656. The lowest BCUT2D eigenvalue weighted by atomic mass is 10.1. The van der Waals surface area contributed by atoms with Crippen LogP contribution in [0, 0.1) is 20.2 Å². The number of fused-ring (bicyclic) bond motifs is 2. The molecule has 0 aliphatic heterocycles. The monoisotopic (exact) mass is 392 g/mol. The lowest BCUT2D eigenvalue weighted by Gasteiger charge is -2.20. The van der Waals surface area contributed by atoms with Crippen molar-refractivity contribution in [3.8, 4) is 0 Å². The van der Waals surface area contributed by atoms with Crippen LogP contribution >= 0.6 is 0 Å². The van der Waals surface area contributed by atoms with Crippen LogP contribution < -0.4 is 16.3 Å². The molecule has 1 aromatic heterocycles. The summed E-state index contributed by atoms with van der Waals surface area (Å²) in [6.45, 7) is 0. The molecule has 144 valence electrons. The number of non-ortho nitro benzene ring substituents is 1. The first-order valence-electron chi connectivity index (χ1n) is 8.30. The molecule has 0 bridgehead atoms. The van der Waals surface area contributed by atoms with Crippen molar-refractivity contribution in [2.24, 2.45) is 5.84 Å². The predicted molar refractivity (Wildman–Crippen MR) is 106 cm³/mol. The molecule has 10 heteroatoms. The van der Waals surface area contributed by atoms with Gasteiger partial charge in [-0.3, -0.25) is 30.0 Å². The van der Waals surface area contributed by atoms with Gasteiger partial charge in [0.05, 0.1) is 32.4 Å². The Bertz CT molecular complexity index is 1360. The van der Waals surface area contributed by atoms with Gasteiger partial charge in [0.1, 0.15) is 16.9 Å². The van der Waals surface area contributed by atoms with Crippen molar-refractivity contribution >= 4 is 44.7 Å². The summed E-state index contributed by atoms with van der Waals surface area (Å²) in [6.07, 6.45) is 0. The van der Waals surface area contributed by atoms with Crippen molar-refractivity contribution in [3.63, 3.8) is 0 Å². The van der Waals surface area contributed by atoms with Crippen molar-refractivity contribution in [1.82, 2.24) is 0 Å². The summed E-state index contributed by atoms with van der Waals surface area (Å²) in [5, 5.41) is 23.8. The summed E-state index contributed by atoms with van der Waals surface area (Å²) in [5.74, 6) is 6.14. The van der Waals surface area contributed by atoms with E-state index in [9.17, 15) is 25.0 Å². The average molecular weight is 392 g/mol. The molecule has 10 nitrogen and oxygen atoms in total. The summed E-state index contributed by atoms with van der Waals surface area (Å²) >= 11 is 0. The molecule has 0 saturated carbocycles. The molecule has 0 radical (unpaired) electrons. The molecular formula is C19H12N4O6. The molecule has 0 amide bonds. The third-order valence-electron chi connectivity index (χ3n) is 4.47. The van der Waals surface area contributed by atoms with Crippen LogP contribution in [0.15, 0.2) is 69.9 Å². The van der Waals surface area contributed by atoms with E-state index < -0.39 is 21.2 Å². The maximum absolute atomic E-state index is 13.0. The van der Waals surface area contributed by atoms with Gasteiger partial charge in [-0.15, -0.1) is 0 Å². The summed E-state index contributed by atoms with van der Waals surface area (Å²) in [4.78, 5) is 33.9. The van der Waals surface area contributed by atoms with Gasteiger partial charge >= 0.3 is 5.69 Å². The number of hydrogen-bond donors (Lipinski definition) is 1. The molecule has 0 unspecified atom stereocenters. The Morgan fingerprint density at radius 1 is 0.862 bits per heavy atom. The third kappa shape index (κ3) is 2.93. The molecule has 1 heterocycles. The van der Waals surface area contributed by atoms with Gasteiger partial charge < -0.3 is 4.42 Å². The zero-order valence-corrected chi connectivity index (χ0v) is 14.6. The fourth-order valence-corrected chi connectivity index (χ4v) is 3.14. The number of nitrogens with zero attached hydrogens (tertiary/aromatic N) is 3. The van der Waals surface area contributed by atoms with Gasteiger partial charge in [0.15, 0.2) is 0 Å². The Hall–Kier alpha value is -4.31. The SMILES string of the molecule is NN(c1ccc([N+](=O)[O-])cc1[N+](=O)[O-])c1cccc2oc3ccccc3c(=O)c12. The molecule has 0 fully saturated rings. The van der Waals surface area contributed by atoms with Gasteiger partial charge in [-0.2, -0.15) is 0 Å². The zero-order valence-electron chi connectivity index (χ0n) is 14.6. The van der Waals surface area contributed by atoms with E-state index in [1.54, 1.807) is 36.4 Å². The first-order valence-corrected chi connectivity index (χ1v) is 8.30. The molecule has 2 N–H and O–H groups in total. The molecule has 3 aromatic carbocycles. The normalized spacial score (nSPS) is 10.9. The molecule has 0 atom stereocenters. The number of nitrogens with two attached hydrogens (primary N) is 1. The highest BCUT2D eigenvalue weighted by atomic mass is 16.6. The molecule has 4 rings (SSSR count). The van der Waals surface area contributed by atoms with Gasteiger partial charge in [-0.1, -0.05) is 18.2 Å². The fraction of sp³-hybridized carbons (Fsp3) is 0. The first kappa shape index (κ1) is 18.1. The van der Waals surface area contributed by atoms with Crippen molar-refractivity contribution in [2.45, 2.75) is 0 Å². The highest BCUT2D eigenvalue weighted by molar-refractivity contribution is 5.99. The second-order valence-corrected chi connectivity index (χ2v) is 6.13. The van der Waals surface area contributed by atoms with Crippen molar-refractivity contribution in [3.05, 3.63) is 91.1 Å². The molecule has 0 aliphatic carbocycles. The number of anilines is 2. The van der Waals surface area contributed by atoms with Crippen LogP contribution in [0.3, 0.4) is 0 Å². The van der Waals surface area contributed by atoms with Gasteiger partial charge in [-0.25, -0.2) is 5.84 Å². The van der Waals surface area contributed by atoms with Crippen molar-refractivity contribution in [2.75, 3.05) is 5.01 Å². The quantitative estimate of drug-likeness (QED) is 0.239. The van der Waals surface area contributed by atoms with Crippen LogP contribution in [-0.4, -0.2) is 9.85 Å². The minimum absolute atomic E-state index is 0.111. The Morgan fingerprint density at radius 2 is 1.59 bits per heavy atom. The first-order chi connectivity index (χ1) is 13.9. The zero-order chi connectivity index (χ0) is 20.7. The molecule has 0 spiro atoms. The largest absolute Gasteiger partial charge is 0.456 e. The molecule has 0 saturated heterocycles. The van der Waals surface area contributed by atoms with Crippen LogP contribution in [0.4, 0.5) is 22.7 Å². The van der Waals surface area contributed by atoms with Crippen LogP contribution in [-0.2, 0) is 0 Å². The van der Waals surface area contributed by atoms with E-state index in [0.29, 0.717) is 11.0 Å². The number of nitro groups is 2. The van der Waals surface area contributed by atoms with Crippen LogP contribution in [0.25, 0.3) is 21.9 Å². The third-order valence-corrected chi connectivity index (χ3v) is 4.47. The summed E-state index contributed by atoms with van der Waals surface area (Å²) in [6, 6.07) is 14.5. The molecular weight excluding hydrogens is 380 g/mol. The highest BCUT2D eigenvalue weighted by Gasteiger charge is 2.25. The smallest absolute Gasteiger partial charge is 0.301 e. The van der Waals surface area contributed by atoms with Gasteiger partial charge in [0.25, 0.3) is 5.69 Å². The van der Waals surface area contributed by atoms with Gasteiger partial charge in [-0.05, 0) is 30.3 Å². The predicted octanol–water partition coefficient (Wildman–Crippen LogP) is 3.77. The van der Waals surface area contributed by atoms with Crippen molar-refractivity contribution in [1.29, 1.82) is 0 Å². The number of hydrazine groups is 1. The maximum Gasteiger partial charge on any atom is 0.301 e. The van der Waals surface area contributed by atoms with E-state index in [0.717, 1.165) is 23.2 Å². The summed E-state index contributed by atoms with van der Waals surface area (Å²) < 4.78 is 5.78. The van der Waals surface area contributed by atoms with Crippen LogP contribution in [0.2, 0.25) is 0 Å². The van der Waals surface area contributed by atoms with E-state index in [1.807, 2.05) is 0 Å². The lowest BCUT2D eigenvalue weighted by molar-refractivity contribution is -0.393. The number of nitro benzene ring substituents is 2. The minimum atomic E-state index is -0.773. The Morgan fingerprint density at radius 3 is 2.31 bits per heavy atom. The standard InChI is InChI=1S/C19H12N4O6/c20-21(13-9-8-11(22(25)26)10-15(13)23(27)28)14-5-3-7-17-18(14)19(24)12-4-1-2-6-16(12)29-17/h1-10H,20H2. The van der Waals surface area contributed by atoms with Crippen LogP contribution in [0.1, 0.15) is 0 Å². The van der Waals surface area contributed by atoms with E-state index >= 15 is 0 Å². The second kappa shape index (κ2) is 6.69. The Labute approximate surface area is 161 Å². The Kier molecular flexibility index (Phi) is 4.17. The Balaban J connectivity index is 1.98. The lowest BCUT2D eigenvalue weighted by Crippen LogP contribution is -2.27. The van der Waals surface area contributed by atoms with Gasteiger partial charge in [0.2, 0.25) is 5.43 Å². The van der Waals surface area contributed by atoms with E-state index in [2.05, 4.69) is 0 Å². The van der Waals surface area contributed by atoms with E-state index in [4.69, 9.17) is 10.3 Å². The van der Waals surface area contributed by atoms with Crippen LogP contribution in [0.5, 0.6) is 0 Å². The maximum atomic E-state index is 13.0. The van der Waals surface area contributed by atoms with Crippen molar-refractivity contribution < 1.29 is 14.3 Å². The topological polar surface area (TPSA) is 146 Å². The molecule has 29 heavy (non-hydrogen) atoms. The molecule has 0 aliphatic rings. The van der Waals surface area contributed by atoms with Gasteiger partial charge in [0, 0.05) is 6.07 Å². The fourth-order valence-electron chi connectivity index (χ4n) is 3.14. The number of hydrogen-bond acceptors (Lipinski definition) is 8.